The molecule has 3 atom stereocenters. The number of hydrogen-bond acceptors (Lipinski definition) is 11. The van der Waals surface area contributed by atoms with E-state index in [1.54, 1.807) is 6.07 Å². The first-order valence-electron chi connectivity index (χ1n) is 17.0. The summed E-state index contributed by atoms with van der Waals surface area (Å²) < 4.78 is 105. The molecule has 2 aromatic rings. The van der Waals surface area contributed by atoms with Crippen molar-refractivity contribution >= 4 is 59.5 Å². The van der Waals surface area contributed by atoms with Gasteiger partial charge in [-0.25, -0.2) is 5.26 Å². The van der Waals surface area contributed by atoms with Crippen molar-refractivity contribution in [3.63, 3.8) is 0 Å². The first-order chi connectivity index (χ1) is 23.8. The van der Waals surface area contributed by atoms with E-state index >= 15 is 0 Å². The summed E-state index contributed by atoms with van der Waals surface area (Å²) >= 11 is 0.867. The lowest BCUT2D eigenvalue weighted by Gasteiger charge is -2.37. The molecule has 0 radical (unpaired) electrons. The Labute approximate surface area is 305 Å². The van der Waals surface area contributed by atoms with Gasteiger partial charge in [0.05, 0.1) is 33.9 Å². The molecule has 0 fully saturated rings. The summed E-state index contributed by atoms with van der Waals surface area (Å²) in [5.74, 6) is -0.696. The molecule has 0 saturated carbocycles. The number of unbranched alkanes of at least 4 members (excludes halogenated alkanes) is 2. The topological polar surface area (TPSA) is 208 Å². The predicted octanol–water partition coefficient (Wildman–Crippen LogP) is 6.19. The van der Waals surface area contributed by atoms with Crippen molar-refractivity contribution in [2.75, 3.05) is 29.5 Å². The molecule has 4 rings (SSSR count). The Bertz CT molecular complexity index is 1940. The van der Waals surface area contributed by atoms with Crippen molar-refractivity contribution in [2.24, 2.45) is 0 Å². The van der Waals surface area contributed by atoms with E-state index in [9.17, 15) is 38.9 Å². The first-order valence-corrected chi connectivity index (χ1v) is 22.4. The molecule has 0 bridgehead atoms. The number of nitrogens with zero attached hydrogens (tertiary/aromatic N) is 2. The molecule has 2 heterocycles. The smallest absolute Gasteiger partial charge is 0.294 e. The van der Waals surface area contributed by atoms with Crippen molar-refractivity contribution in [1.82, 2.24) is 0 Å². The molecule has 0 saturated heterocycles. The highest BCUT2D eigenvalue weighted by atomic mass is 32.2. The van der Waals surface area contributed by atoms with Gasteiger partial charge in [0.15, 0.2) is 5.71 Å². The van der Waals surface area contributed by atoms with Gasteiger partial charge in [-0.1, -0.05) is 25.8 Å². The van der Waals surface area contributed by atoms with Gasteiger partial charge in [0, 0.05) is 53.1 Å². The fourth-order valence-corrected chi connectivity index (χ4v) is 9.84. The molecule has 2 aliphatic heterocycles. The van der Waals surface area contributed by atoms with Gasteiger partial charge >= 0.3 is 0 Å². The summed E-state index contributed by atoms with van der Waals surface area (Å²) in [5.41, 5.74) is 3.87. The third kappa shape index (κ3) is 9.71. The van der Waals surface area contributed by atoms with E-state index in [4.69, 9.17) is 5.26 Å². The SMILES string of the molecule is CCC1(C)C(CCCC2N(CCCCS(=O)(=O)O)c3ccc(S(=O)(=O)O)cc3C2(C)CC)=[N+](CCCCS(=O)(=O)O)c2ccc(SOOO)cc21. The Balaban J connectivity index is 1.67. The molecular formula is C33H49N2O12S4+. The van der Waals surface area contributed by atoms with Gasteiger partial charge in [-0.15, -0.1) is 4.33 Å². The van der Waals surface area contributed by atoms with E-state index in [0.717, 1.165) is 53.1 Å². The number of rotatable bonds is 20. The second-order valence-corrected chi connectivity index (χ2v) is 19.0. The van der Waals surface area contributed by atoms with Crippen LogP contribution in [0.1, 0.15) is 96.6 Å². The minimum Gasteiger partial charge on any atom is -0.367 e. The lowest BCUT2D eigenvalue weighted by atomic mass is 9.73. The van der Waals surface area contributed by atoms with Crippen LogP contribution in [0.5, 0.6) is 0 Å². The molecule has 2 aliphatic rings. The molecule has 2 aromatic carbocycles. The van der Waals surface area contributed by atoms with Crippen LogP contribution in [0.2, 0.25) is 0 Å². The maximum atomic E-state index is 12.1. The van der Waals surface area contributed by atoms with Crippen LogP contribution in [0.15, 0.2) is 46.2 Å². The predicted molar refractivity (Wildman–Crippen MR) is 195 cm³/mol. The summed E-state index contributed by atoms with van der Waals surface area (Å²) in [7, 11) is -12.7. The standard InChI is InChI=1S/C33H48N2O12S4/c1-5-32(3)26-22-24(48-47-46-36)14-16-28(26)34(18-7-9-20-49(37,38)39)30(32)12-11-13-31-33(4,6-2)27-23-25(51(43,44)45)15-17-29(27)35(31)19-8-10-21-50(40,41)42/h14-17,22-23,31H,5-13,18-21H2,1-4H3,(H3-,36,37,38,39,40,41,42,43,44,45)/p+1. The zero-order chi connectivity index (χ0) is 37.8. The number of anilines is 1. The van der Waals surface area contributed by atoms with E-state index in [1.165, 1.54) is 12.1 Å². The summed E-state index contributed by atoms with van der Waals surface area (Å²) in [6.07, 6.45) is 5.02. The second kappa shape index (κ2) is 16.5. The summed E-state index contributed by atoms with van der Waals surface area (Å²) in [6.45, 7) is 9.37. The quantitative estimate of drug-likeness (QED) is 0.0295. The van der Waals surface area contributed by atoms with Gasteiger partial charge in [0.2, 0.25) is 5.69 Å². The van der Waals surface area contributed by atoms with Crippen molar-refractivity contribution in [2.45, 2.75) is 112 Å². The van der Waals surface area contributed by atoms with Crippen molar-refractivity contribution < 1.29 is 58.1 Å². The van der Waals surface area contributed by atoms with E-state index in [-0.39, 0.29) is 35.3 Å². The maximum absolute atomic E-state index is 12.1. The third-order valence-electron chi connectivity index (χ3n) is 10.7. The van der Waals surface area contributed by atoms with Gasteiger partial charge in [-0.05, 0) is 87.8 Å². The Hall–Kier alpha value is -2.13. The van der Waals surface area contributed by atoms with Crippen molar-refractivity contribution in [3.8, 4) is 0 Å². The van der Waals surface area contributed by atoms with Crippen LogP contribution < -0.4 is 4.90 Å². The van der Waals surface area contributed by atoms with Gasteiger partial charge in [0.1, 0.15) is 6.54 Å². The molecule has 0 amide bonds. The van der Waals surface area contributed by atoms with Crippen LogP contribution in [0, 0.1) is 0 Å². The highest BCUT2D eigenvalue weighted by Gasteiger charge is 2.49. The lowest BCUT2D eigenvalue weighted by Crippen LogP contribution is -2.43. The zero-order valence-electron chi connectivity index (χ0n) is 29.3. The molecule has 4 N–H and O–H groups in total. The van der Waals surface area contributed by atoms with Gasteiger partial charge in [0.25, 0.3) is 30.4 Å². The molecule has 18 heteroatoms. The molecule has 0 aliphatic carbocycles. The Kier molecular flexibility index (Phi) is 13.5. The molecule has 51 heavy (non-hydrogen) atoms. The monoisotopic (exact) mass is 793 g/mol. The number of fused-ring (bicyclic) bond motifs is 2. The minimum atomic E-state index is -4.46. The fraction of sp³-hybridized carbons (Fsp3) is 0.606. The Morgan fingerprint density at radius 3 is 2.10 bits per heavy atom. The highest BCUT2D eigenvalue weighted by molar-refractivity contribution is 7.94. The molecule has 14 nitrogen and oxygen atoms in total. The second-order valence-electron chi connectivity index (χ2n) is 13.7. The van der Waals surface area contributed by atoms with E-state index in [2.05, 4.69) is 39.6 Å². The molecule has 0 aromatic heterocycles. The van der Waals surface area contributed by atoms with Crippen LogP contribution >= 0.6 is 12.0 Å². The minimum absolute atomic E-state index is 0.0982. The van der Waals surface area contributed by atoms with Crippen LogP contribution in [0.3, 0.4) is 0 Å². The first kappa shape index (κ1) is 41.6. The lowest BCUT2D eigenvalue weighted by molar-refractivity contribution is -0.440. The summed E-state index contributed by atoms with van der Waals surface area (Å²) in [4.78, 5) is 2.72. The van der Waals surface area contributed by atoms with E-state index in [1.807, 2.05) is 25.1 Å². The van der Waals surface area contributed by atoms with E-state index < -0.39 is 41.2 Å². The van der Waals surface area contributed by atoms with Crippen LogP contribution in [0.25, 0.3) is 0 Å². The molecule has 286 valence electrons. The molecule has 0 spiro atoms. The maximum Gasteiger partial charge on any atom is 0.294 e. The number of hydrogen-bond donors (Lipinski definition) is 4. The largest absolute Gasteiger partial charge is 0.367 e. The normalized spacial score (nSPS) is 22.1. The zero-order valence-corrected chi connectivity index (χ0v) is 32.6. The van der Waals surface area contributed by atoms with Crippen molar-refractivity contribution in [3.05, 3.63) is 47.5 Å². The van der Waals surface area contributed by atoms with E-state index in [0.29, 0.717) is 50.1 Å². The Morgan fingerprint density at radius 2 is 1.51 bits per heavy atom. The van der Waals surface area contributed by atoms with Gasteiger partial charge in [-0.2, -0.15) is 29.8 Å². The number of benzene rings is 2. The van der Waals surface area contributed by atoms with Gasteiger partial charge in [-0.3, -0.25) is 13.7 Å². The highest BCUT2D eigenvalue weighted by Crippen LogP contribution is 2.50. The van der Waals surface area contributed by atoms with Crippen LogP contribution in [0.4, 0.5) is 11.4 Å². The summed E-state index contributed by atoms with van der Waals surface area (Å²) in [5, 5.41) is 12.5. The Morgan fingerprint density at radius 1 is 0.843 bits per heavy atom. The molecule has 3 unspecified atom stereocenters. The third-order valence-corrected chi connectivity index (χ3v) is 13.7. The van der Waals surface area contributed by atoms with Crippen LogP contribution in [-0.2, 0) is 50.6 Å². The average Bonchev–Trinajstić information content (AvgIpc) is 3.43. The summed E-state index contributed by atoms with van der Waals surface area (Å²) in [6, 6.07) is 10.3. The van der Waals surface area contributed by atoms with Crippen LogP contribution in [-0.4, -0.2) is 85.1 Å². The fourth-order valence-electron chi connectivity index (χ4n) is 7.79. The average molecular weight is 794 g/mol. The van der Waals surface area contributed by atoms with Gasteiger partial charge < -0.3 is 4.90 Å². The molecular weight excluding hydrogens is 745 g/mol. The van der Waals surface area contributed by atoms with Crippen molar-refractivity contribution in [1.29, 1.82) is 0 Å².